The Labute approximate surface area is 70.3 Å². The monoisotopic (exact) mass is 238 g/mol. The van der Waals surface area contributed by atoms with Crippen molar-refractivity contribution in [1.82, 2.24) is 0 Å². The summed E-state index contributed by atoms with van der Waals surface area (Å²) in [6.07, 6.45) is 7.32. The van der Waals surface area contributed by atoms with Crippen molar-refractivity contribution in [2.24, 2.45) is 0 Å². The molecule has 0 aromatic rings. The standard InChI is InChI=1S/C7H11IO/c1-2-6-9-7-4-3-5-8/h1H,3-7H2. The average Bonchev–Trinajstić information content (AvgIpc) is 1.89. The van der Waals surface area contributed by atoms with E-state index in [1.165, 1.54) is 10.8 Å². The van der Waals surface area contributed by atoms with Gasteiger partial charge in [-0.3, -0.25) is 0 Å². The predicted octanol–water partition coefficient (Wildman–Crippen LogP) is 1.85. The van der Waals surface area contributed by atoms with Crippen LogP contribution in [0.2, 0.25) is 0 Å². The Hall–Kier alpha value is 0.250. The second-order valence-corrected chi connectivity index (χ2v) is 2.73. The summed E-state index contributed by atoms with van der Waals surface area (Å²) < 4.78 is 6.25. The van der Waals surface area contributed by atoms with Crippen LogP contribution >= 0.6 is 22.6 Å². The van der Waals surface area contributed by atoms with E-state index in [-0.39, 0.29) is 0 Å². The Bertz CT molecular complexity index is 85.4. The maximum absolute atomic E-state index is 5.05. The number of halogens is 1. The molecule has 0 heterocycles. The molecule has 0 bridgehead atoms. The van der Waals surface area contributed by atoms with Gasteiger partial charge in [0.15, 0.2) is 0 Å². The minimum Gasteiger partial charge on any atom is -0.369 e. The summed E-state index contributed by atoms with van der Waals surface area (Å²) >= 11 is 2.35. The number of unbranched alkanes of at least 4 members (excludes halogenated alkanes) is 1. The third-order valence-corrected chi connectivity index (χ3v) is 1.62. The number of terminal acetylenes is 1. The van der Waals surface area contributed by atoms with Gasteiger partial charge in [-0.1, -0.05) is 28.5 Å². The Morgan fingerprint density at radius 1 is 1.44 bits per heavy atom. The van der Waals surface area contributed by atoms with Crippen molar-refractivity contribution < 1.29 is 4.74 Å². The summed E-state index contributed by atoms with van der Waals surface area (Å²) in [7, 11) is 0. The van der Waals surface area contributed by atoms with E-state index in [1.807, 2.05) is 0 Å². The van der Waals surface area contributed by atoms with Gasteiger partial charge in [0, 0.05) is 6.61 Å². The van der Waals surface area contributed by atoms with Crippen LogP contribution in [0.25, 0.3) is 0 Å². The highest BCUT2D eigenvalue weighted by atomic mass is 127. The summed E-state index contributed by atoms with van der Waals surface area (Å²) in [5, 5.41) is 0. The minimum atomic E-state index is 0.460. The van der Waals surface area contributed by atoms with E-state index in [0.29, 0.717) is 6.61 Å². The second-order valence-electron chi connectivity index (χ2n) is 1.65. The molecule has 0 aromatic heterocycles. The van der Waals surface area contributed by atoms with Gasteiger partial charge in [-0.2, -0.15) is 0 Å². The third kappa shape index (κ3) is 8.25. The average molecular weight is 238 g/mol. The summed E-state index contributed by atoms with van der Waals surface area (Å²) in [6.45, 7) is 1.27. The van der Waals surface area contributed by atoms with Crippen LogP contribution < -0.4 is 0 Å². The van der Waals surface area contributed by atoms with Crippen molar-refractivity contribution in [3.8, 4) is 12.3 Å². The molecule has 0 spiro atoms. The second kappa shape index (κ2) is 8.25. The van der Waals surface area contributed by atoms with Crippen molar-refractivity contribution in [1.29, 1.82) is 0 Å². The predicted molar refractivity (Wildman–Crippen MR) is 47.8 cm³/mol. The minimum absolute atomic E-state index is 0.460. The molecule has 0 saturated carbocycles. The fourth-order valence-corrected chi connectivity index (χ4v) is 0.969. The maximum Gasteiger partial charge on any atom is 0.107 e. The summed E-state index contributed by atoms with van der Waals surface area (Å²) in [4.78, 5) is 0. The van der Waals surface area contributed by atoms with Crippen LogP contribution in [-0.4, -0.2) is 17.6 Å². The van der Waals surface area contributed by atoms with E-state index < -0.39 is 0 Å². The zero-order chi connectivity index (χ0) is 6.95. The van der Waals surface area contributed by atoms with Crippen LogP contribution in [0.15, 0.2) is 0 Å². The van der Waals surface area contributed by atoms with Crippen molar-refractivity contribution >= 4 is 22.6 Å². The van der Waals surface area contributed by atoms with Gasteiger partial charge in [0.05, 0.1) is 0 Å². The van der Waals surface area contributed by atoms with Crippen molar-refractivity contribution in [3.05, 3.63) is 0 Å². The first-order valence-electron chi connectivity index (χ1n) is 2.99. The molecule has 2 heteroatoms. The Morgan fingerprint density at radius 2 is 2.22 bits per heavy atom. The van der Waals surface area contributed by atoms with Crippen molar-refractivity contribution in [3.63, 3.8) is 0 Å². The zero-order valence-corrected chi connectivity index (χ0v) is 7.56. The molecule has 0 aliphatic heterocycles. The van der Waals surface area contributed by atoms with Gasteiger partial charge in [-0.25, -0.2) is 0 Å². The first kappa shape index (κ1) is 9.25. The van der Waals surface area contributed by atoms with Gasteiger partial charge in [0.1, 0.15) is 6.61 Å². The molecule has 1 nitrogen and oxygen atoms in total. The fourth-order valence-electron chi connectivity index (χ4n) is 0.430. The van der Waals surface area contributed by atoms with E-state index in [4.69, 9.17) is 11.2 Å². The fraction of sp³-hybridized carbons (Fsp3) is 0.714. The van der Waals surface area contributed by atoms with E-state index >= 15 is 0 Å². The Kier molecular flexibility index (Phi) is 8.48. The Morgan fingerprint density at radius 3 is 2.78 bits per heavy atom. The molecule has 0 aliphatic rings. The van der Waals surface area contributed by atoms with E-state index in [9.17, 15) is 0 Å². The van der Waals surface area contributed by atoms with Crippen LogP contribution in [-0.2, 0) is 4.74 Å². The van der Waals surface area contributed by atoms with Crippen LogP contribution in [0.3, 0.4) is 0 Å². The summed E-state index contributed by atoms with van der Waals surface area (Å²) in [5.74, 6) is 2.42. The molecular formula is C7H11IO. The lowest BCUT2D eigenvalue weighted by molar-refractivity contribution is 0.164. The van der Waals surface area contributed by atoms with Crippen molar-refractivity contribution in [2.45, 2.75) is 12.8 Å². The molecule has 0 atom stereocenters. The van der Waals surface area contributed by atoms with Crippen LogP contribution in [0.5, 0.6) is 0 Å². The van der Waals surface area contributed by atoms with Crippen LogP contribution in [0.4, 0.5) is 0 Å². The first-order valence-corrected chi connectivity index (χ1v) is 4.51. The van der Waals surface area contributed by atoms with Gasteiger partial charge < -0.3 is 4.74 Å². The van der Waals surface area contributed by atoms with E-state index in [0.717, 1.165) is 13.0 Å². The lowest BCUT2D eigenvalue weighted by atomic mass is 10.4. The SMILES string of the molecule is C#CCOCCCCI. The van der Waals surface area contributed by atoms with Gasteiger partial charge in [0.25, 0.3) is 0 Å². The molecule has 0 rings (SSSR count). The zero-order valence-electron chi connectivity index (χ0n) is 5.40. The molecule has 52 valence electrons. The Balaban J connectivity index is 2.69. The number of ether oxygens (including phenoxy) is 1. The first-order chi connectivity index (χ1) is 4.41. The number of hydrogen-bond acceptors (Lipinski definition) is 1. The number of alkyl halides is 1. The van der Waals surface area contributed by atoms with Gasteiger partial charge in [-0.05, 0) is 17.3 Å². The highest BCUT2D eigenvalue weighted by molar-refractivity contribution is 14.1. The highest BCUT2D eigenvalue weighted by Crippen LogP contribution is 1.93. The molecule has 0 fully saturated rings. The van der Waals surface area contributed by atoms with E-state index in [1.54, 1.807) is 0 Å². The smallest absolute Gasteiger partial charge is 0.107 e. The lowest BCUT2D eigenvalue weighted by Gasteiger charge is -1.96. The molecule has 0 aromatic carbocycles. The van der Waals surface area contributed by atoms with Crippen LogP contribution in [0, 0.1) is 12.3 Å². The molecular weight excluding hydrogens is 227 g/mol. The quantitative estimate of drug-likeness (QED) is 0.307. The number of rotatable bonds is 5. The van der Waals surface area contributed by atoms with E-state index in [2.05, 4.69) is 28.5 Å². The normalized spacial score (nSPS) is 8.89. The molecule has 0 unspecified atom stereocenters. The molecule has 0 radical (unpaired) electrons. The van der Waals surface area contributed by atoms with Crippen LogP contribution in [0.1, 0.15) is 12.8 Å². The maximum atomic E-state index is 5.05. The lowest BCUT2D eigenvalue weighted by Crippen LogP contribution is -1.94. The van der Waals surface area contributed by atoms with Crippen molar-refractivity contribution in [2.75, 3.05) is 17.6 Å². The molecule has 0 N–H and O–H groups in total. The van der Waals surface area contributed by atoms with Gasteiger partial charge in [0.2, 0.25) is 0 Å². The molecule has 0 amide bonds. The molecule has 9 heavy (non-hydrogen) atoms. The summed E-state index contributed by atoms with van der Waals surface area (Å²) in [6, 6.07) is 0. The summed E-state index contributed by atoms with van der Waals surface area (Å²) in [5.41, 5.74) is 0. The molecule has 0 aliphatic carbocycles. The van der Waals surface area contributed by atoms with Gasteiger partial charge in [-0.15, -0.1) is 6.42 Å². The number of hydrogen-bond donors (Lipinski definition) is 0. The topological polar surface area (TPSA) is 9.23 Å². The third-order valence-electron chi connectivity index (χ3n) is 0.858. The van der Waals surface area contributed by atoms with Gasteiger partial charge >= 0.3 is 0 Å². The highest BCUT2D eigenvalue weighted by Gasteiger charge is 1.84. The molecule has 0 saturated heterocycles. The largest absolute Gasteiger partial charge is 0.369 e.